The number of phenolic OH excluding ortho intramolecular Hbond substituents is 2. The van der Waals surface area contributed by atoms with E-state index in [4.69, 9.17) is 33.8 Å². The Morgan fingerprint density at radius 3 is 2.50 bits per heavy atom. The Balaban J connectivity index is 1.52. The van der Waals surface area contributed by atoms with Crippen LogP contribution in [0, 0.1) is 0 Å². The number of hydrogen-bond donors (Lipinski definition) is 7. The Hall–Kier alpha value is -4.26. The number of β-lactam (4-membered cyclic amide) rings is 1. The van der Waals surface area contributed by atoms with E-state index in [1.165, 1.54) is 19.2 Å². The molecule has 2 atom stereocenters. The number of thiazole rings is 1. The Kier molecular flexibility index (Phi) is 9.19. The van der Waals surface area contributed by atoms with Gasteiger partial charge >= 0.3 is 11.9 Å². The number of aromatic hydroxyl groups is 2. The van der Waals surface area contributed by atoms with Crippen molar-refractivity contribution in [1.82, 2.24) is 20.5 Å². The molecule has 3 heterocycles. The number of thioether (sulfide) groups is 1. The van der Waals surface area contributed by atoms with E-state index in [1.54, 1.807) is 0 Å². The van der Waals surface area contributed by atoms with Gasteiger partial charge in [0.15, 0.2) is 22.3 Å². The van der Waals surface area contributed by atoms with Crippen molar-refractivity contribution >= 4 is 86.8 Å². The number of carboxylic acid groups (broad SMARTS) is 2. The Bertz CT molecular complexity index is 1660. The lowest BCUT2D eigenvalue weighted by molar-refractivity contribution is -0.161. The summed E-state index contributed by atoms with van der Waals surface area (Å²) in [5.41, 5.74) is 2.79. The molecular formula is C24H22Cl2N6O10S2. The van der Waals surface area contributed by atoms with E-state index in [2.05, 4.69) is 20.8 Å². The highest BCUT2D eigenvalue weighted by atomic mass is 35.5. The third kappa shape index (κ3) is 6.19. The van der Waals surface area contributed by atoms with Crippen molar-refractivity contribution in [3.05, 3.63) is 44.0 Å². The molecule has 0 unspecified atom stereocenters. The van der Waals surface area contributed by atoms with E-state index in [9.17, 15) is 44.4 Å². The first-order chi connectivity index (χ1) is 20.5. The molecule has 1 aromatic carbocycles. The second-order valence-corrected chi connectivity index (χ2v) is 12.4. The summed E-state index contributed by atoms with van der Waals surface area (Å²) in [5, 5.41) is 47.1. The summed E-state index contributed by atoms with van der Waals surface area (Å²) in [7, 11) is 0. The van der Waals surface area contributed by atoms with E-state index in [1.807, 2.05) is 0 Å². The average molecular weight is 690 g/mol. The zero-order valence-corrected chi connectivity index (χ0v) is 25.6. The van der Waals surface area contributed by atoms with Crippen molar-refractivity contribution in [3.63, 3.8) is 0 Å². The fourth-order valence-corrected chi connectivity index (χ4v) is 6.20. The number of aliphatic carboxylic acids is 2. The third-order valence-corrected chi connectivity index (χ3v) is 8.95. The number of anilines is 1. The lowest BCUT2D eigenvalue weighted by atomic mass is 10.0. The Morgan fingerprint density at radius 1 is 1.23 bits per heavy atom. The van der Waals surface area contributed by atoms with Gasteiger partial charge in [0, 0.05) is 17.7 Å². The average Bonchev–Trinajstić information content (AvgIpc) is 3.40. The van der Waals surface area contributed by atoms with E-state index in [-0.39, 0.29) is 39.3 Å². The van der Waals surface area contributed by atoms with Crippen LogP contribution in [0.4, 0.5) is 5.13 Å². The molecule has 2 aromatic rings. The smallest absolute Gasteiger partial charge is 0.352 e. The highest BCUT2D eigenvalue weighted by Crippen LogP contribution is 2.42. The summed E-state index contributed by atoms with van der Waals surface area (Å²) in [6, 6.07) is -0.184. The zero-order chi connectivity index (χ0) is 32.7. The molecule has 1 aromatic heterocycles. The molecule has 4 rings (SSSR count). The number of carbonyl (C=O) groups is 5. The molecule has 2 aliphatic rings. The molecule has 234 valence electrons. The monoisotopic (exact) mass is 688 g/mol. The van der Waals surface area contributed by atoms with Gasteiger partial charge in [0.05, 0.1) is 15.6 Å². The number of hydrogen-bond acceptors (Lipinski definition) is 13. The van der Waals surface area contributed by atoms with Crippen LogP contribution in [0.1, 0.15) is 29.9 Å². The minimum atomic E-state index is -1.82. The number of nitrogens with one attached hydrogen (secondary N) is 2. The first-order valence-corrected chi connectivity index (χ1v) is 14.8. The standard InChI is InChI=1S/C24H22Cl2N6O10S2/c1-24(2,22(40)41)42-31-12(10-6-44-23(27)29-10)18(36)30-13-19(37)32-14(21(38)39)7(5-43-20(13)32)4-28-17(35)8-3-9(25)15(33)16(34)11(8)26/h3,6,13,20,33-34H,4-5H2,1-2H3,(H2,27,29)(H,28,35)(H,30,36)(H,38,39)(H,40,41)/b31-12-/t13-,20-/m1/s1. The van der Waals surface area contributed by atoms with Gasteiger partial charge in [-0.3, -0.25) is 19.3 Å². The fraction of sp³-hybridized carbons (Fsp3) is 0.292. The number of benzene rings is 1. The summed E-state index contributed by atoms with van der Waals surface area (Å²) in [6.45, 7) is 2.07. The number of rotatable bonds is 10. The number of nitrogens with two attached hydrogens (primary N) is 1. The maximum atomic E-state index is 13.2. The van der Waals surface area contributed by atoms with Gasteiger partial charge < -0.3 is 41.6 Å². The molecule has 0 bridgehead atoms. The highest BCUT2D eigenvalue weighted by Gasteiger charge is 2.54. The molecule has 44 heavy (non-hydrogen) atoms. The van der Waals surface area contributed by atoms with Gasteiger partial charge in [0.25, 0.3) is 17.7 Å². The van der Waals surface area contributed by atoms with Crippen molar-refractivity contribution < 1.29 is 49.2 Å². The lowest BCUT2D eigenvalue weighted by Gasteiger charge is -2.49. The Morgan fingerprint density at radius 2 is 1.91 bits per heavy atom. The van der Waals surface area contributed by atoms with Crippen LogP contribution in [-0.4, -0.2) is 95.0 Å². The molecule has 0 spiro atoms. The number of nitrogen functional groups attached to an aromatic ring is 1. The molecule has 3 amide bonds. The summed E-state index contributed by atoms with van der Waals surface area (Å²) in [4.78, 5) is 72.6. The first kappa shape index (κ1) is 32.6. The predicted molar refractivity (Wildman–Crippen MR) is 158 cm³/mol. The lowest BCUT2D eigenvalue weighted by Crippen LogP contribution is -2.71. The molecule has 1 saturated heterocycles. The number of phenols is 2. The fourth-order valence-electron chi connectivity index (χ4n) is 3.88. The van der Waals surface area contributed by atoms with Crippen LogP contribution in [0.15, 0.2) is 27.9 Å². The summed E-state index contributed by atoms with van der Waals surface area (Å²) < 4.78 is 0. The second kappa shape index (κ2) is 12.4. The number of fused-ring (bicyclic) bond motifs is 1. The number of carboxylic acids is 2. The van der Waals surface area contributed by atoms with Gasteiger partial charge in [-0.15, -0.1) is 23.1 Å². The number of aromatic nitrogens is 1. The normalized spacial score (nSPS) is 18.3. The minimum absolute atomic E-state index is 0.0253. The summed E-state index contributed by atoms with van der Waals surface area (Å²) in [5.74, 6) is -6.92. The number of oxime groups is 1. The van der Waals surface area contributed by atoms with E-state index in [0.717, 1.165) is 34.1 Å². The molecule has 16 nitrogen and oxygen atoms in total. The van der Waals surface area contributed by atoms with Gasteiger partial charge in [-0.1, -0.05) is 28.4 Å². The third-order valence-electron chi connectivity index (χ3n) is 6.27. The SMILES string of the molecule is CC(C)(O/N=C(\C(=O)N[C@@H]1C(=O)N2C(C(=O)O)=C(CNC(=O)c3cc(Cl)c(O)c(O)c3Cl)CS[C@H]12)c1csc(N)n1)C(=O)O. The van der Waals surface area contributed by atoms with Gasteiger partial charge in [-0.05, 0) is 25.5 Å². The van der Waals surface area contributed by atoms with Crippen molar-refractivity contribution in [2.45, 2.75) is 30.9 Å². The summed E-state index contributed by atoms with van der Waals surface area (Å²) >= 11 is 13.8. The highest BCUT2D eigenvalue weighted by molar-refractivity contribution is 8.00. The maximum absolute atomic E-state index is 13.2. The predicted octanol–water partition coefficient (Wildman–Crippen LogP) is 1.20. The number of carbonyl (C=O) groups excluding carboxylic acids is 3. The van der Waals surface area contributed by atoms with Crippen LogP contribution in [0.3, 0.4) is 0 Å². The van der Waals surface area contributed by atoms with Crippen LogP contribution in [-0.2, 0) is 24.0 Å². The van der Waals surface area contributed by atoms with Crippen molar-refractivity contribution in [1.29, 1.82) is 0 Å². The van der Waals surface area contributed by atoms with E-state index < -0.39 is 74.6 Å². The van der Waals surface area contributed by atoms with E-state index >= 15 is 0 Å². The van der Waals surface area contributed by atoms with Gasteiger partial charge in [-0.25, -0.2) is 14.6 Å². The van der Waals surface area contributed by atoms with Crippen LogP contribution in [0.25, 0.3) is 0 Å². The Labute approximate surface area is 265 Å². The number of amides is 3. The topological polar surface area (TPSA) is 254 Å². The molecule has 8 N–H and O–H groups in total. The maximum Gasteiger partial charge on any atom is 0.352 e. The number of halogens is 2. The quantitative estimate of drug-likeness (QED) is 0.0802. The molecule has 20 heteroatoms. The van der Waals surface area contributed by atoms with Crippen LogP contribution >= 0.6 is 46.3 Å². The van der Waals surface area contributed by atoms with Crippen LogP contribution in [0.2, 0.25) is 10.0 Å². The van der Waals surface area contributed by atoms with Crippen LogP contribution in [0.5, 0.6) is 11.5 Å². The molecular weight excluding hydrogens is 667 g/mol. The first-order valence-electron chi connectivity index (χ1n) is 12.1. The van der Waals surface area contributed by atoms with Crippen molar-refractivity contribution in [3.8, 4) is 11.5 Å². The molecule has 0 radical (unpaired) electrons. The van der Waals surface area contributed by atoms with Gasteiger partial charge in [0.1, 0.15) is 22.8 Å². The van der Waals surface area contributed by atoms with Gasteiger partial charge in [-0.2, -0.15) is 0 Å². The zero-order valence-electron chi connectivity index (χ0n) is 22.5. The largest absolute Gasteiger partial charge is 0.503 e. The second-order valence-electron chi connectivity index (χ2n) is 9.64. The van der Waals surface area contributed by atoms with Crippen molar-refractivity contribution in [2.75, 3.05) is 18.0 Å². The van der Waals surface area contributed by atoms with Crippen molar-refractivity contribution in [2.24, 2.45) is 5.16 Å². The van der Waals surface area contributed by atoms with Gasteiger partial charge in [0.2, 0.25) is 5.60 Å². The van der Waals surface area contributed by atoms with Crippen LogP contribution < -0.4 is 16.4 Å². The molecule has 0 saturated carbocycles. The minimum Gasteiger partial charge on any atom is -0.503 e. The molecule has 0 aliphatic carbocycles. The molecule has 2 aliphatic heterocycles. The number of nitrogens with zero attached hydrogens (tertiary/aromatic N) is 3. The molecule has 1 fully saturated rings. The summed E-state index contributed by atoms with van der Waals surface area (Å²) in [6.07, 6.45) is 0. The van der Waals surface area contributed by atoms with E-state index in [0.29, 0.717) is 0 Å².